The van der Waals surface area contributed by atoms with E-state index in [9.17, 15) is 14.7 Å². The maximum absolute atomic E-state index is 12.4. The van der Waals surface area contributed by atoms with Crippen LogP contribution in [0.25, 0.3) is 11.3 Å². The van der Waals surface area contributed by atoms with E-state index in [-0.39, 0.29) is 18.5 Å². The first kappa shape index (κ1) is 16.9. The van der Waals surface area contributed by atoms with Gasteiger partial charge in [0.1, 0.15) is 0 Å². The fourth-order valence-electron chi connectivity index (χ4n) is 2.99. The summed E-state index contributed by atoms with van der Waals surface area (Å²) >= 11 is 0. The third-order valence-corrected chi connectivity index (χ3v) is 4.20. The number of amides is 2. The molecule has 0 radical (unpaired) electrons. The van der Waals surface area contributed by atoms with Crippen molar-refractivity contribution in [3.8, 4) is 11.3 Å². The molecule has 2 N–H and O–H groups in total. The van der Waals surface area contributed by atoms with E-state index in [0.717, 1.165) is 5.56 Å². The second kappa shape index (κ2) is 6.88. The average Bonchev–Trinajstić information content (AvgIpc) is 3.01. The lowest BCUT2D eigenvalue weighted by molar-refractivity contribution is -0.143. The molecule has 9 heteroatoms. The summed E-state index contributed by atoms with van der Waals surface area (Å²) in [5.74, 6) is -0.944. The molecule has 1 aliphatic rings. The summed E-state index contributed by atoms with van der Waals surface area (Å²) in [5.41, 5.74) is 1.49. The Morgan fingerprint density at radius 3 is 2.68 bits per heavy atom. The Kier molecular flexibility index (Phi) is 4.64. The molecule has 2 aromatic heterocycles. The number of carbonyl (C=O) groups excluding carboxylic acids is 1. The van der Waals surface area contributed by atoms with Crippen LogP contribution in [0.1, 0.15) is 13.3 Å². The van der Waals surface area contributed by atoms with Gasteiger partial charge in [-0.25, -0.2) is 4.79 Å². The maximum Gasteiger partial charge on any atom is 0.323 e. The van der Waals surface area contributed by atoms with Crippen LogP contribution in [0.15, 0.2) is 24.5 Å². The molecule has 0 spiro atoms. The van der Waals surface area contributed by atoms with Crippen molar-refractivity contribution in [1.29, 1.82) is 0 Å². The SMILES string of the molecule is CC1CC(C(=O)O)CN(C(=O)Nc2ccc(-c3cnn(C)c3)nn2)C1. The molecule has 3 rings (SSSR count). The zero-order valence-electron chi connectivity index (χ0n) is 14.1. The number of carboxylic acids is 1. The highest BCUT2D eigenvalue weighted by Crippen LogP contribution is 2.22. The van der Waals surface area contributed by atoms with Crippen molar-refractivity contribution < 1.29 is 14.7 Å². The molecule has 0 bridgehead atoms. The minimum atomic E-state index is -0.870. The van der Waals surface area contributed by atoms with Crippen molar-refractivity contribution in [2.24, 2.45) is 18.9 Å². The predicted molar refractivity (Wildman–Crippen MR) is 89.7 cm³/mol. The van der Waals surface area contributed by atoms with E-state index in [2.05, 4.69) is 20.6 Å². The Balaban J connectivity index is 1.65. The third-order valence-electron chi connectivity index (χ3n) is 4.20. The fourth-order valence-corrected chi connectivity index (χ4v) is 2.99. The Hall–Kier alpha value is -2.97. The van der Waals surface area contributed by atoms with E-state index >= 15 is 0 Å². The quantitative estimate of drug-likeness (QED) is 0.871. The summed E-state index contributed by atoms with van der Waals surface area (Å²) in [6, 6.07) is 3.05. The maximum atomic E-state index is 12.4. The van der Waals surface area contributed by atoms with Crippen LogP contribution in [-0.4, -0.2) is 55.1 Å². The number of aromatic nitrogens is 4. The predicted octanol–water partition coefficient (Wildman–Crippen LogP) is 1.45. The number of aryl methyl sites for hydroxylation is 1. The molecule has 3 heterocycles. The van der Waals surface area contributed by atoms with Gasteiger partial charge in [0.05, 0.1) is 17.8 Å². The van der Waals surface area contributed by atoms with Crippen LogP contribution in [0.4, 0.5) is 10.6 Å². The highest BCUT2D eigenvalue weighted by molar-refractivity contribution is 5.88. The topological polar surface area (TPSA) is 113 Å². The normalized spacial score (nSPS) is 20.3. The number of rotatable bonds is 3. The molecule has 2 atom stereocenters. The first-order chi connectivity index (χ1) is 11.9. The van der Waals surface area contributed by atoms with Gasteiger partial charge in [0, 0.05) is 31.9 Å². The average molecular weight is 344 g/mol. The van der Waals surface area contributed by atoms with E-state index in [4.69, 9.17) is 0 Å². The molecule has 2 aromatic rings. The van der Waals surface area contributed by atoms with E-state index in [0.29, 0.717) is 24.5 Å². The van der Waals surface area contributed by atoms with Crippen molar-refractivity contribution in [3.63, 3.8) is 0 Å². The molecular weight excluding hydrogens is 324 g/mol. The van der Waals surface area contributed by atoms with E-state index in [1.165, 1.54) is 4.90 Å². The molecule has 9 nitrogen and oxygen atoms in total. The third kappa shape index (κ3) is 3.93. The first-order valence-corrected chi connectivity index (χ1v) is 8.04. The highest BCUT2D eigenvalue weighted by atomic mass is 16.4. The number of anilines is 1. The van der Waals surface area contributed by atoms with Crippen LogP contribution in [0.5, 0.6) is 0 Å². The van der Waals surface area contributed by atoms with Crippen molar-refractivity contribution >= 4 is 17.8 Å². The molecule has 25 heavy (non-hydrogen) atoms. The van der Waals surface area contributed by atoms with Crippen LogP contribution in [0.2, 0.25) is 0 Å². The van der Waals surface area contributed by atoms with Crippen molar-refractivity contribution in [2.75, 3.05) is 18.4 Å². The zero-order valence-corrected chi connectivity index (χ0v) is 14.1. The first-order valence-electron chi connectivity index (χ1n) is 8.04. The van der Waals surface area contributed by atoms with E-state index < -0.39 is 11.9 Å². The summed E-state index contributed by atoms with van der Waals surface area (Å²) < 4.78 is 1.67. The monoisotopic (exact) mass is 344 g/mol. The van der Waals surface area contributed by atoms with Crippen LogP contribution >= 0.6 is 0 Å². The summed E-state index contributed by atoms with van der Waals surface area (Å²) in [7, 11) is 1.82. The van der Waals surface area contributed by atoms with Gasteiger partial charge in [0.2, 0.25) is 0 Å². The van der Waals surface area contributed by atoms with Gasteiger partial charge in [-0.1, -0.05) is 6.92 Å². The number of nitrogens with zero attached hydrogens (tertiary/aromatic N) is 5. The molecule has 1 fully saturated rings. The summed E-state index contributed by atoms with van der Waals surface area (Å²) in [6.07, 6.45) is 4.09. The van der Waals surface area contributed by atoms with Crippen LogP contribution < -0.4 is 5.32 Å². The summed E-state index contributed by atoms with van der Waals surface area (Å²) in [5, 5.41) is 24.0. The van der Waals surface area contributed by atoms with Gasteiger partial charge in [-0.05, 0) is 24.5 Å². The molecule has 1 aliphatic heterocycles. The molecule has 1 saturated heterocycles. The van der Waals surface area contributed by atoms with Gasteiger partial charge in [-0.2, -0.15) is 5.10 Å². The number of hydrogen-bond donors (Lipinski definition) is 2. The van der Waals surface area contributed by atoms with Crippen LogP contribution in [-0.2, 0) is 11.8 Å². The lowest BCUT2D eigenvalue weighted by atomic mass is 9.91. The zero-order chi connectivity index (χ0) is 18.0. The van der Waals surface area contributed by atoms with Crippen molar-refractivity contribution in [1.82, 2.24) is 24.9 Å². The van der Waals surface area contributed by atoms with Gasteiger partial charge in [-0.15, -0.1) is 10.2 Å². The molecule has 2 amide bonds. The number of carboxylic acid groups (broad SMARTS) is 1. The molecule has 2 unspecified atom stereocenters. The Morgan fingerprint density at radius 1 is 1.28 bits per heavy atom. The van der Waals surface area contributed by atoms with Gasteiger partial charge in [0.25, 0.3) is 0 Å². The number of carbonyl (C=O) groups is 2. The van der Waals surface area contributed by atoms with Crippen molar-refractivity contribution in [2.45, 2.75) is 13.3 Å². The number of aliphatic carboxylic acids is 1. The Morgan fingerprint density at radius 2 is 2.08 bits per heavy atom. The molecular formula is C16H20N6O3. The Labute approximate surface area is 144 Å². The molecule has 0 aliphatic carbocycles. The highest BCUT2D eigenvalue weighted by Gasteiger charge is 2.32. The van der Waals surface area contributed by atoms with Gasteiger partial charge >= 0.3 is 12.0 Å². The lowest BCUT2D eigenvalue weighted by Crippen LogP contribution is -2.47. The minimum absolute atomic E-state index is 0.139. The Bertz CT molecular complexity index is 772. The summed E-state index contributed by atoms with van der Waals surface area (Å²) in [6.45, 7) is 2.67. The van der Waals surface area contributed by atoms with Crippen LogP contribution in [0.3, 0.4) is 0 Å². The smallest absolute Gasteiger partial charge is 0.323 e. The van der Waals surface area contributed by atoms with E-state index in [1.807, 2.05) is 20.2 Å². The molecule has 0 saturated carbocycles. The number of urea groups is 1. The summed E-state index contributed by atoms with van der Waals surface area (Å²) in [4.78, 5) is 25.1. The number of nitrogens with one attached hydrogen (secondary N) is 1. The molecule has 132 valence electrons. The standard InChI is InChI=1S/C16H20N6O3/c1-10-5-11(15(23)24)9-22(7-10)16(25)18-14-4-3-13(19-20-14)12-6-17-21(2)8-12/h3-4,6,8,10-11H,5,7,9H2,1-2H3,(H,23,24)(H,18,20,25). The van der Waals surface area contributed by atoms with Crippen molar-refractivity contribution in [3.05, 3.63) is 24.5 Å². The molecule has 0 aromatic carbocycles. The number of hydrogen-bond acceptors (Lipinski definition) is 5. The second-order valence-corrected chi connectivity index (χ2v) is 6.42. The lowest BCUT2D eigenvalue weighted by Gasteiger charge is -2.34. The van der Waals surface area contributed by atoms with Gasteiger partial charge in [0.15, 0.2) is 5.82 Å². The van der Waals surface area contributed by atoms with Gasteiger partial charge < -0.3 is 10.0 Å². The number of likely N-dealkylation sites (tertiary alicyclic amines) is 1. The van der Waals surface area contributed by atoms with Gasteiger partial charge in [-0.3, -0.25) is 14.8 Å². The second-order valence-electron chi connectivity index (χ2n) is 6.42. The minimum Gasteiger partial charge on any atom is -0.481 e. The number of piperidine rings is 1. The fraction of sp³-hybridized carbons (Fsp3) is 0.438. The van der Waals surface area contributed by atoms with Crippen LogP contribution in [0, 0.1) is 11.8 Å². The largest absolute Gasteiger partial charge is 0.481 e. The van der Waals surface area contributed by atoms with E-state index in [1.54, 1.807) is 23.0 Å².